The molecule has 0 fully saturated rings. The molecule has 0 spiro atoms. The van der Waals surface area contributed by atoms with E-state index in [1.54, 1.807) is 24.0 Å². The van der Waals surface area contributed by atoms with Gasteiger partial charge in [0.2, 0.25) is 0 Å². The van der Waals surface area contributed by atoms with Gasteiger partial charge in [0.05, 0.1) is 29.4 Å². The van der Waals surface area contributed by atoms with Crippen LogP contribution in [0.4, 0.5) is 6.01 Å². The van der Waals surface area contributed by atoms with Gasteiger partial charge in [-0.1, -0.05) is 36.1 Å². The van der Waals surface area contributed by atoms with Crippen molar-refractivity contribution < 1.29 is 4.42 Å². The fraction of sp³-hybridized carbons (Fsp3) is 0.111. The Morgan fingerprint density at radius 2 is 2.14 bits per heavy atom. The molecule has 6 aromatic rings. The normalized spacial score (nSPS) is 11.8. The molecule has 2 N–H and O–H groups in total. The maximum absolute atomic E-state index is 5.67. The first-order valence-corrected chi connectivity index (χ1v) is 12.4. The zero-order valence-corrected chi connectivity index (χ0v) is 19.8. The summed E-state index contributed by atoms with van der Waals surface area (Å²) in [6, 6.07) is 16.9. The molecule has 0 bridgehead atoms. The first kappa shape index (κ1) is 20.7. The zero-order valence-electron chi connectivity index (χ0n) is 19.0. The van der Waals surface area contributed by atoms with Crippen molar-refractivity contribution in [1.29, 1.82) is 0 Å². The summed E-state index contributed by atoms with van der Waals surface area (Å²) >= 11 is 1.62. The number of oxazole rings is 1. The quantitative estimate of drug-likeness (QED) is 0.332. The second kappa shape index (κ2) is 8.52. The van der Waals surface area contributed by atoms with Crippen LogP contribution in [0.2, 0.25) is 0 Å². The molecule has 174 valence electrons. The van der Waals surface area contributed by atoms with Crippen LogP contribution in [-0.4, -0.2) is 36.5 Å². The first-order valence-electron chi connectivity index (χ1n) is 11.5. The molecule has 4 aromatic heterocycles. The minimum atomic E-state index is 0.449. The molecule has 0 unspecified atom stereocenters. The molecular weight excluding hydrogens is 470 g/mol. The Bertz CT molecular complexity index is 1730. The SMILES string of the molecule is C(#Cc1cc(-c2n[nH]c3c2Cc2ccc(Cn4cncn4)cc2-3)cs1)CNc1nc2ccccc2o1. The molecule has 0 atom stereocenters. The molecule has 0 radical (unpaired) electrons. The van der Waals surface area contributed by atoms with E-state index in [9.17, 15) is 0 Å². The van der Waals surface area contributed by atoms with E-state index >= 15 is 0 Å². The van der Waals surface area contributed by atoms with Crippen molar-refractivity contribution in [1.82, 2.24) is 29.9 Å². The predicted molar refractivity (Wildman–Crippen MR) is 139 cm³/mol. The summed E-state index contributed by atoms with van der Waals surface area (Å²) in [4.78, 5) is 9.43. The Balaban J connectivity index is 1.06. The molecule has 0 saturated carbocycles. The molecule has 0 amide bonds. The van der Waals surface area contributed by atoms with Gasteiger partial charge in [-0.15, -0.1) is 11.3 Å². The monoisotopic (exact) mass is 489 g/mol. The minimum absolute atomic E-state index is 0.449. The molecule has 1 aliphatic rings. The van der Waals surface area contributed by atoms with Crippen molar-refractivity contribution in [2.45, 2.75) is 13.0 Å². The third kappa shape index (κ3) is 3.74. The summed E-state index contributed by atoms with van der Waals surface area (Å²) in [5.74, 6) is 6.38. The average Bonchev–Trinajstić information content (AvgIpc) is 3.71. The number of aromatic amines is 1. The van der Waals surface area contributed by atoms with E-state index in [0.29, 0.717) is 19.1 Å². The van der Waals surface area contributed by atoms with Gasteiger partial charge in [-0.25, -0.2) is 9.67 Å². The van der Waals surface area contributed by atoms with Gasteiger partial charge in [0.1, 0.15) is 18.2 Å². The molecule has 7 rings (SSSR count). The Morgan fingerprint density at radius 3 is 3.06 bits per heavy atom. The highest BCUT2D eigenvalue weighted by atomic mass is 32.1. The summed E-state index contributed by atoms with van der Waals surface area (Å²) in [5.41, 5.74) is 9.70. The Morgan fingerprint density at radius 1 is 1.17 bits per heavy atom. The highest BCUT2D eigenvalue weighted by Crippen LogP contribution is 2.41. The maximum atomic E-state index is 5.67. The van der Waals surface area contributed by atoms with E-state index in [0.717, 1.165) is 39.3 Å². The number of rotatable bonds is 5. The molecule has 0 aliphatic heterocycles. The number of H-pyrrole nitrogens is 1. The van der Waals surface area contributed by atoms with E-state index in [2.05, 4.69) is 72.1 Å². The van der Waals surface area contributed by atoms with Crippen LogP contribution in [-0.2, 0) is 13.0 Å². The lowest BCUT2D eigenvalue weighted by atomic mass is 10.1. The first-order chi connectivity index (χ1) is 17.8. The van der Waals surface area contributed by atoms with Crippen molar-refractivity contribution in [2.75, 3.05) is 11.9 Å². The summed E-state index contributed by atoms with van der Waals surface area (Å²) in [6.45, 7) is 1.14. The smallest absolute Gasteiger partial charge is 0.296 e. The summed E-state index contributed by atoms with van der Waals surface area (Å²) < 4.78 is 7.50. The Labute approximate surface area is 210 Å². The van der Waals surface area contributed by atoms with E-state index < -0.39 is 0 Å². The molecule has 8 nitrogen and oxygen atoms in total. The van der Waals surface area contributed by atoms with E-state index in [4.69, 9.17) is 4.42 Å². The summed E-state index contributed by atoms with van der Waals surface area (Å²) in [5, 5.41) is 17.4. The van der Waals surface area contributed by atoms with Crippen LogP contribution < -0.4 is 5.32 Å². The number of thiophene rings is 1. The van der Waals surface area contributed by atoms with Crippen LogP contribution in [0.5, 0.6) is 0 Å². The second-order valence-electron chi connectivity index (χ2n) is 8.53. The van der Waals surface area contributed by atoms with Gasteiger partial charge in [0.25, 0.3) is 6.01 Å². The molecule has 0 saturated heterocycles. The average molecular weight is 490 g/mol. The van der Waals surface area contributed by atoms with Crippen molar-refractivity contribution in [3.8, 4) is 34.4 Å². The van der Waals surface area contributed by atoms with Gasteiger partial charge in [0, 0.05) is 28.5 Å². The van der Waals surface area contributed by atoms with Gasteiger partial charge < -0.3 is 9.73 Å². The molecule has 1 aliphatic carbocycles. The molecular formula is C27H19N7OS. The number of anilines is 1. The van der Waals surface area contributed by atoms with Gasteiger partial charge in [-0.3, -0.25) is 5.10 Å². The standard InChI is InChI=1S/C27H19N7OS/c1-2-6-24-23(5-1)31-27(35-24)29-9-3-4-20-11-19(14-36-20)25-22-12-18-8-7-17(13-34-16-28-15-30-34)10-21(18)26(22)33-32-25/h1-2,5-8,10-11,14-16H,9,12-13H2,(H,29,31)(H,32,33). The third-order valence-electron chi connectivity index (χ3n) is 6.20. The lowest BCUT2D eigenvalue weighted by Gasteiger charge is -2.05. The molecule has 36 heavy (non-hydrogen) atoms. The largest absolute Gasteiger partial charge is 0.424 e. The summed E-state index contributed by atoms with van der Waals surface area (Å²) in [6.07, 6.45) is 4.15. The van der Waals surface area contributed by atoms with Crippen molar-refractivity contribution in [3.63, 3.8) is 0 Å². The minimum Gasteiger partial charge on any atom is -0.424 e. The number of fused-ring (bicyclic) bond motifs is 4. The molecule has 4 heterocycles. The van der Waals surface area contributed by atoms with Crippen LogP contribution in [0, 0.1) is 11.8 Å². The number of para-hydroxylation sites is 2. The Hall–Kier alpha value is -4.68. The fourth-order valence-electron chi connectivity index (χ4n) is 4.52. The van der Waals surface area contributed by atoms with E-state index in [1.807, 2.05) is 28.9 Å². The fourth-order valence-corrected chi connectivity index (χ4v) is 5.28. The number of nitrogens with one attached hydrogen (secondary N) is 2. The number of hydrogen-bond donors (Lipinski definition) is 2. The van der Waals surface area contributed by atoms with Crippen molar-refractivity contribution >= 4 is 28.5 Å². The Kier molecular flexibility index (Phi) is 4.89. The highest BCUT2D eigenvalue weighted by molar-refractivity contribution is 7.11. The number of benzene rings is 2. The topological polar surface area (TPSA) is 97.5 Å². The van der Waals surface area contributed by atoms with Crippen LogP contribution in [0.1, 0.15) is 21.6 Å². The van der Waals surface area contributed by atoms with Crippen LogP contribution in [0.3, 0.4) is 0 Å². The molecule has 2 aromatic carbocycles. The zero-order chi connectivity index (χ0) is 23.9. The van der Waals surface area contributed by atoms with Gasteiger partial charge >= 0.3 is 0 Å². The predicted octanol–water partition coefficient (Wildman–Crippen LogP) is 4.95. The molecule has 9 heteroatoms. The van der Waals surface area contributed by atoms with E-state index in [1.165, 1.54) is 22.3 Å². The van der Waals surface area contributed by atoms with Crippen LogP contribution >= 0.6 is 11.3 Å². The van der Waals surface area contributed by atoms with Crippen LogP contribution in [0.15, 0.2) is 71.0 Å². The van der Waals surface area contributed by atoms with Crippen molar-refractivity contribution in [2.24, 2.45) is 0 Å². The maximum Gasteiger partial charge on any atom is 0.296 e. The number of aromatic nitrogens is 6. The second-order valence-corrected chi connectivity index (χ2v) is 9.44. The summed E-state index contributed by atoms with van der Waals surface area (Å²) in [7, 11) is 0. The highest BCUT2D eigenvalue weighted by Gasteiger charge is 2.25. The van der Waals surface area contributed by atoms with Gasteiger partial charge in [0.15, 0.2) is 5.58 Å². The van der Waals surface area contributed by atoms with E-state index in [-0.39, 0.29) is 0 Å². The lowest BCUT2D eigenvalue weighted by Crippen LogP contribution is -2.00. The number of nitrogens with zero attached hydrogens (tertiary/aromatic N) is 5. The van der Waals surface area contributed by atoms with Gasteiger partial charge in [-0.2, -0.15) is 15.2 Å². The van der Waals surface area contributed by atoms with Crippen molar-refractivity contribution in [3.05, 3.63) is 88.1 Å². The van der Waals surface area contributed by atoms with Gasteiger partial charge in [-0.05, 0) is 35.4 Å². The number of hydrogen-bond acceptors (Lipinski definition) is 7. The van der Waals surface area contributed by atoms with Crippen LogP contribution in [0.25, 0.3) is 33.6 Å². The lowest BCUT2D eigenvalue weighted by molar-refractivity contribution is 0.618. The third-order valence-corrected chi connectivity index (χ3v) is 7.04.